The molecule has 0 unspecified atom stereocenters. The maximum atomic E-state index is 11.7. The van der Waals surface area contributed by atoms with E-state index in [0.29, 0.717) is 3.57 Å². The first-order chi connectivity index (χ1) is 9.02. The molecule has 0 spiro atoms. The van der Waals surface area contributed by atoms with Crippen LogP contribution in [0.2, 0.25) is 0 Å². The van der Waals surface area contributed by atoms with Gasteiger partial charge in [0.25, 0.3) is 5.56 Å². The molecule has 0 bridgehead atoms. The highest BCUT2D eigenvalue weighted by atomic mass is 127. The van der Waals surface area contributed by atoms with E-state index in [-0.39, 0.29) is 13.0 Å². The number of aliphatic hydroxyl groups excluding tert-OH is 1. The number of H-pyrrole nitrogens is 1. The van der Waals surface area contributed by atoms with Crippen LogP contribution >= 0.6 is 22.6 Å². The first kappa shape index (κ1) is 14.1. The van der Waals surface area contributed by atoms with E-state index in [0.717, 1.165) is 0 Å². The standard InChI is InChI=1S/C9H10IN5O4/c10-4-3-15(9(18)13-8(4)17)7-1-5(16)6(19-7)2-12-14-11/h3,5-7,16H,1-2H2,(H,13,17,18)/t5-,6+,7+/m0/s1. The van der Waals surface area contributed by atoms with E-state index in [9.17, 15) is 14.7 Å². The van der Waals surface area contributed by atoms with E-state index >= 15 is 0 Å². The van der Waals surface area contributed by atoms with Gasteiger partial charge >= 0.3 is 5.69 Å². The minimum absolute atomic E-state index is 0.0106. The van der Waals surface area contributed by atoms with Gasteiger partial charge in [0.1, 0.15) is 6.23 Å². The Morgan fingerprint density at radius 2 is 2.42 bits per heavy atom. The molecule has 0 radical (unpaired) electrons. The lowest BCUT2D eigenvalue weighted by atomic mass is 10.2. The number of aliphatic hydroxyl groups is 1. The second-order valence-electron chi connectivity index (χ2n) is 3.99. The lowest BCUT2D eigenvalue weighted by Crippen LogP contribution is -2.33. The van der Waals surface area contributed by atoms with Crippen LogP contribution in [0, 0.1) is 3.57 Å². The number of rotatable bonds is 3. The van der Waals surface area contributed by atoms with Gasteiger partial charge in [0.05, 0.1) is 22.3 Å². The molecule has 2 heterocycles. The number of hydrogen-bond acceptors (Lipinski definition) is 5. The molecule has 102 valence electrons. The second-order valence-corrected chi connectivity index (χ2v) is 5.15. The highest BCUT2D eigenvalue weighted by Gasteiger charge is 2.35. The summed E-state index contributed by atoms with van der Waals surface area (Å²) in [6, 6.07) is 0. The zero-order chi connectivity index (χ0) is 14.0. The molecule has 1 aromatic rings. The largest absolute Gasteiger partial charge is 0.390 e. The summed E-state index contributed by atoms with van der Waals surface area (Å²) in [6.45, 7) is -0.0106. The van der Waals surface area contributed by atoms with Gasteiger partial charge in [0, 0.05) is 17.5 Å². The number of hydrogen-bond donors (Lipinski definition) is 2. The van der Waals surface area contributed by atoms with Gasteiger partial charge in [-0.1, -0.05) is 5.11 Å². The van der Waals surface area contributed by atoms with Crippen LogP contribution in [0.4, 0.5) is 0 Å². The van der Waals surface area contributed by atoms with E-state index in [1.807, 2.05) is 0 Å². The van der Waals surface area contributed by atoms with Gasteiger partial charge in [-0.05, 0) is 28.1 Å². The molecule has 9 nitrogen and oxygen atoms in total. The minimum atomic E-state index is -0.827. The van der Waals surface area contributed by atoms with Crippen LogP contribution in [0.25, 0.3) is 10.4 Å². The Morgan fingerprint density at radius 1 is 1.68 bits per heavy atom. The molecule has 0 aromatic carbocycles. The Hall–Kier alpha value is -1.36. The molecule has 0 saturated carbocycles. The summed E-state index contributed by atoms with van der Waals surface area (Å²) in [7, 11) is 0. The van der Waals surface area contributed by atoms with E-state index < -0.39 is 29.7 Å². The average Bonchev–Trinajstić information content (AvgIpc) is 2.72. The molecule has 1 saturated heterocycles. The Balaban J connectivity index is 2.25. The molecule has 1 aliphatic heterocycles. The quantitative estimate of drug-likeness (QED) is 0.334. The number of aromatic amines is 1. The molecule has 0 amide bonds. The van der Waals surface area contributed by atoms with Gasteiger partial charge in [-0.3, -0.25) is 14.3 Å². The smallest absolute Gasteiger partial charge is 0.330 e. The van der Waals surface area contributed by atoms with Gasteiger partial charge in [0.15, 0.2) is 0 Å². The SMILES string of the molecule is [N-]=[N+]=NC[C@H]1O[C@@H](n2cc(I)c(=O)[nH]c2=O)C[C@@H]1O. The van der Waals surface area contributed by atoms with E-state index in [4.69, 9.17) is 10.3 Å². The second kappa shape index (κ2) is 5.74. The monoisotopic (exact) mass is 379 g/mol. The van der Waals surface area contributed by atoms with Crippen LogP contribution in [0.15, 0.2) is 20.9 Å². The summed E-state index contributed by atoms with van der Waals surface area (Å²) in [5.74, 6) is 0. The van der Waals surface area contributed by atoms with Crippen molar-refractivity contribution < 1.29 is 9.84 Å². The van der Waals surface area contributed by atoms with Crippen LogP contribution in [-0.4, -0.2) is 33.4 Å². The van der Waals surface area contributed by atoms with Crippen LogP contribution in [0.5, 0.6) is 0 Å². The van der Waals surface area contributed by atoms with Crippen LogP contribution < -0.4 is 11.2 Å². The zero-order valence-corrected chi connectivity index (χ0v) is 11.7. The Bertz CT molecular complexity index is 634. The Morgan fingerprint density at radius 3 is 3.11 bits per heavy atom. The van der Waals surface area contributed by atoms with Crippen molar-refractivity contribution in [2.24, 2.45) is 5.11 Å². The molecule has 2 N–H and O–H groups in total. The fourth-order valence-electron chi connectivity index (χ4n) is 1.84. The number of azide groups is 1. The van der Waals surface area contributed by atoms with Crippen molar-refractivity contribution >= 4 is 22.6 Å². The summed E-state index contributed by atoms with van der Waals surface area (Å²) in [4.78, 5) is 27.7. The van der Waals surface area contributed by atoms with Gasteiger partial charge in [-0.2, -0.15) is 0 Å². The molecule has 1 fully saturated rings. The van der Waals surface area contributed by atoms with Crippen molar-refractivity contribution in [3.05, 3.63) is 41.0 Å². The number of aromatic nitrogens is 2. The third-order valence-electron chi connectivity index (χ3n) is 2.76. The van der Waals surface area contributed by atoms with Crippen LogP contribution in [0.1, 0.15) is 12.6 Å². The summed E-state index contributed by atoms with van der Waals surface area (Å²) < 4.78 is 7.01. The van der Waals surface area contributed by atoms with Gasteiger partial charge in [-0.25, -0.2) is 4.79 Å². The molecular formula is C9H10IN5O4. The molecule has 0 aliphatic carbocycles. The van der Waals surface area contributed by atoms with Crippen molar-refractivity contribution in [2.45, 2.75) is 24.9 Å². The first-order valence-corrected chi connectivity index (χ1v) is 6.46. The maximum Gasteiger partial charge on any atom is 0.330 e. The van der Waals surface area contributed by atoms with Crippen molar-refractivity contribution in [3.8, 4) is 0 Å². The summed E-state index contributed by atoms with van der Waals surface area (Å²) in [5.41, 5.74) is 7.16. The molecular weight excluding hydrogens is 369 g/mol. The topological polar surface area (TPSA) is 133 Å². The van der Waals surface area contributed by atoms with E-state index in [2.05, 4.69) is 15.0 Å². The third kappa shape index (κ3) is 2.97. The van der Waals surface area contributed by atoms with Crippen LogP contribution in [0.3, 0.4) is 0 Å². The molecule has 19 heavy (non-hydrogen) atoms. The molecule has 1 aliphatic rings. The highest BCUT2D eigenvalue weighted by Crippen LogP contribution is 2.27. The van der Waals surface area contributed by atoms with Crippen molar-refractivity contribution in [1.29, 1.82) is 0 Å². The summed E-state index contributed by atoms with van der Waals surface area (Å²) >= 11 is 1.80. The highest BCUT2D eigenvalue weighted by molar-refractivity contribution is 14.1. The molecule has 2 rings (SSSR count). The summed E-state index contributed by atoms with van der Waals surface area (Å²) in [6.07, 6.45) is -0.612. The van der Waals surface area contributed by atoms with Gasteiger partial charge in [-0.15, -0.1) is 0 Å². The lowest BCUT2D eigenvalue weighted by molar-refractivity contribution is -0.0151. The zero-order valence-electron chi connectivity index (χ0n) is 9.56. The van der Waals surface area contributed by atoms with Crippen molar-refractivity contribution in [3.63, 3.8) is 0 Å². The van der Waals surface area contributed by atoms with E-state index in [1.54, 1.807) is 22.6 Å². The predicted octanol–water partition coefficient (Wildman–Crippen LogP) is 0.0999. The van der Waals surface area contributed by atoms with Crippen molar-refractivity contribution in [1.82, 2.24) is 9.55 Å². The minimum Gasteiger partial charge on any atom is -0.390 e. The Kier molecular flexibility index (Phi) is 4.24. The van der Waals surface area contributed by atoms with Crippen molar-refractivity contribution in [2.75, 3.05) is 6.54 Å². The number of nitrogens with zero attached hydrogens (tertiary/aromatic N) is 4. The molecule has 3 atom stereocenters. The first-order valence-electron chi connectivity index (χ1n) is 5.38. The average molecular weight is 379 g/mol. The maximum absolute atomic E-state index is 11.7. The normalized spacial score (nSPS) is 26.1. The van der Waals surface area contributed by atoms with Gasteiger partial charge in [0.2, 0.25) is 0 Å². The predicted molar refractivity (Wildman–Crippen MR) is 72.6 cm³/mol. The number of halogens is 1. The summed E-state index contributed by atoms with van der Waals surface area (Å²) in [5, 5.41) is 13.1. The number of nitrogens with one attached hydrogen (secondary N) is 1. The number of ether oxygens (including phenoxy) is 1. The fourth-order valence-corrected chi connectivity index (χ4v) is 2.28. The third-order valence-corrected chi connectivity index (χ3v) is 3.53. The fraction of sp³-hybridized carbons (Fsp3) is 0.556. The molecule has 1 aromatic heterocycles. The molecule has 10 heteroatoms. The van der Waals surface area contributed by atoms with E-state index in [1.165, 1.54) is 10.8 Å². The lowest BCUT2D eigenvalue weighted by Gasteiger charge is -2.14. The van der Waals surface area contributed by atoms with Crippen LogP contribution in [-0.2, 0) is 4.74 Å². The Labute approximate surface area is 120 Å². The van der Waals surface area contributed by atoms with Gasteiger partial charge < -0.3 is 9.84 Å².